The molecule has 134 valence electrons. The Morgan fingerprint density at radius 2 is 1.74 bits per heavy atom. The van der Waals surface area contributed by atoms with Crippen LogP contribution in [0, 0.1) is 10.1 Å². The highest BCUT2D eigenvalue weighted by Crippen LogP contribution is 2.31. The summed E-state index contributed by atoms with van der Waals surface area (Å²) >= 11 is 0. The number of imidazole rings is 1. The van der Waals surface area contributed by atoms with Crippen molar-refractivity contribution in [2.75, 3.05) is 7.11 Å². The Balaban J connectivity index is 1.90. The van der Waals surface area contributed by atoms with Gasteiger partial charge in [-0.15, -0.1) is 0 Å². The first-order chi connectivity index (χ1) is 13.2. The molecule has 0 aliphatic rings. The van der Waals surface area contributed by atoms with Crippen LogP contribution >= 0.6 is 0 Å². The van der Waals surface area contributed by atoms with E-state index in [1.807, 2.05) is 65.2 Å². The van der Waals surface area contributed by atoms with E-state index in [0.717, 1.165) is 22.4 Å². The molecule has 1 heterocycles. The fraction of sp³-hybridized carbons (Fsp3) is 0.0952. The molecule has 0 bridgehead atoms. The number of nitro groups is 1. The maximum absolute atomic E-state index is 11.4. The summed E-state index contributed by atoms with van der Waals surface area (Å²) in [7, 11) is 1.63. The van der Waals surface area contributed by atoms with Gasteiger partial charge in [-0.2, -0.15) is 0 Å². The molecule has 0 unspecified atom stereocenters. The second-order valence-electron chi connectivity index (χ2n) is 6.14. The molecule has 4 rings (SSSR count). The van der Waals surface area contributed by atoms with Gasteiger partial charge in [0.25, 0.3) is 5.69 Å². The molecule has 0 aliphatic carbocycles. The summed E-state index contributed by atoms with van der Waals surface area (Å²) in [5.74, 6) is 1.49. The van der Waals surface area contributed by atoms with Crippen molar-refractivity contribution in [1.29, 1.82) is 0 Å². The minimum Gasteiger partial charge on any atom is -0.497 e. The number of ether oxygens (including phenoxy) is 1. The Labute approximate surface area is 155 Å². The van der Waals surface area contributed by atoms with Gasteiger partial charge in [-0.1, -0.05) is 48.5 Å². The Bertz CT molecular complexity index is 1100. The van der Waals surface area contributed by atoms with Crippen LogP contribution in [0.5, 0.6) is 5.75 Å². The lowest BCUT2D eigenvalue weighted by molar-refractivity contribution is -0.383. The molecule has 4 aromatic rings. The molecule has 0 aliphatic heterocycles. The van der Waals surface area contributed by atoms with E-state index < -0.39 is 0 Å². The van der Waals surface area contributed by atoms with Crippen LogP contribution in [0.1, 0.15) is 5.56 Å². The van der Waals surface area contributed by atoms with Crippen LogP contribution in [0.2, 0.25) is 0 Å². The third kappa shape index (κ3) is 3.13. The molecule has 0 amide bonds. The number of benzene rings is 3. The van der Waals surface area contributed by atoms with Crippen molar-refractivity contribution in [3.8, 4) is 17.1 Å². The third-order valence-corrected chi connectivity index (χ3v) is 4.49. The number of nitro benzene ring substituents is 1. The Morgan fingerprint density at radius 3 is 2.41 bits per heavy atom. The van der Waals surface area contributed by atoms with E-state index in [-0.39, 0.29) is 10.6 Å². The topological polar surface area (TPSA) is 70.2 Å². The fourth-order valence-electron chi connectivity index (χ4n) is 3.16. The zero-order chi connectivity index (χ0) is 18.8. The largest absolute Gasteiger partial charge is 0.497 e. The first-order valence-electron chi connectivity index (χ1n) is 8.49. The molecule has 0 radical (unpaired) electrons. The zero-order valence-electron chi connectivity index (χ0n) is 14.7. The number of fused-ring (bicyclic) bond motifs is 1. The molecule has 27 heavy (non-hydrogen) atoms. The summed E-state index contributed by atoms with van der Waals surface area (Å²) in [5, 5.41) is 11.4. The van der Waals surface area contributed by atoms with Gasteiger partial charge in [0, 0.05) is 18.2 Å². The molecule has 3 aromatic carbocycles. The van der Waals surface area contributed by atoms with Crippen LogP contribution < -0.4 is 4.74 Å². The number of methoxy groups -OCH3 is 1. The monoisotopic (exact) mass is 359 g/mol. The number of non-ortho nitro benzene ring substituents is 1. The van der Waals surface area contributed by atoms with Gasteiger partial charge in [-0.05, 0) is 23.8 Å². The highest BCUT2D eigenvalue weighted by atomic mass is 16.6. The van der Waals surface area contributed by atoms with Crippen molar-refractivity contribution in [2.24, 2.45) is 0 Å². The van der Waals surface area contributed by atoms with Gasteiger partial charge in [0.15, 0.2) is 5.52 Å². The number of nitrogens with zero attached hydrogens (tertiary/aromatic N) is 3. The molecule has 0 saturated carbocycles. The Kier molecular flexibility index (Phi) is 4.30. The van der Waals surface area contributed by atoms with Gasteiger partial charge in [-0.25, -0.2) is 4.98 Å². The number of hydrogen-bond donors (Lipinski definition) is 0. The number of rotatable bonds is 5. The molecule has 0 fully saturated rings. The van der Waals surface area contributed by atoms with Gasteiger partial charge in [0.2, 0.25) is 0 Å². The fourth-order valence-corrected chi connectivity index (χ4v) is 3.16. The van der Waals surface area contributed by atoms with E-state index in [4.69, 9.17) is 4.74 Å². The summed E-state index contributed by atoms with van der Waals surface area (Å²) in [6, 6.07) is 22.5. The minimum absolute atomic E-state index is 0.0122. The summed E-state index contributed by atoms with van der Waals surface area (Å²) < 4.78 is 7.23. The molecular weight excluding hydrogens is 342 g/mol. The average Bonchev–Trinajstić information content (AvgIpc) is 3.07. The lowest BCUT2D eigenvalue weighted by Gasteiger charge is -2.10. The highest BCUT2D eigenvalue weighted by molar-refractivity contribution is 5.88. The summed E-state index contributed by atoms with van der Waals surface area (Å²) in [6.07, 6.45) is 0. The smallest absolute Gasteiger partial charge is 0.297 e. The summed E-state index contributed by atoms with van der Waals surface area (Å²) in [4.78, 5) is 15.7. The van der Waals surface area contributed by atoms with Gasteiger partial charge in [-0.3, -0.25) is 10.1 Å². The molecule has 0 atom stereocenters. The van der Waals surface area contributed by atoms with E-state index in [1.54, 1.807) is 13.2 Å². The minimum atomic E-state index is -0.387. The van der Waals surface area contributed by atoms with E-state index in [1.165, 1.54) is 6.07 Å². The number of para-hydroxylation sites is 1. The molecule has 6 heteroatoms. The first kappa shape index (κ1) is 16.8. The predicted octanol–water partition coefficient (Wildman–Crippen LogP) is 4.67. The van der Waals surface area contributed by atoms with Crippen molar-refractivity contribution in [2.45, 2.75) is 6.54 Å². The number of hydrogen-bond acceptors (Lipinski definition) is 4. The van der Waals surface area contributed by atoms with Crippen molar-refractivity contribution >= 4 is 16.7 Å². The van der Waals surface area contributed by atoms with Crippen LogP contribution in [0.4, 0.5) is 5.69 Å². The van der Waals surface area contributed by atoms with Crippen LogP contribution in [0.15, 0.2) is 72.8 Å². The lowest BCUT2D eigenvalue weighted by atomic mass is 10.2. The second-order valence-corrected chi connectivity index (χ2v) is 6.14. The van der Waals surface area contributed by atoms with E-state index in [0.29, 0.717) is 17.9 Å². The standard InChI is InChI=1S/C21H17N3O3/c1-27-17-12-10-15(11-13-17)14-23-18-8-5-9-19(24(25)26)20(18)22-21(23)16-6-3-2-4-7-16/h2-13H,14H2,1H3. The Hall–Kier alpha value is -3.67. The first-order valence-corrected chi connectivity index (χ1v) is 8.49. The van der Waals surface area contributed by atoms with Crippen molar-refractivity contribution in [3.63, 3.8) is 0 Å². The quantitative estimate of drug-likeness (QED) is 0.383. The van der Waals surface area contributed by atoms with Crippen LogP contribution in [0.25, 0.3) is 22.4 Å². The van der Waals surface area contributed by atoms with Crippen molar-refractivity contribution < 1.29 is 9.66 Å². The maximum Gasteiger partial charge on any atom is 0.297 e. The molecular formula is C21H17N3O3. The SMILES string of the molecule is COc1ccc(Cn2c(-c3ccccc3)nc3c([N+](=O)[O-])cccc32)cc1. The third-order valence-electron chi connectivity index (χ3n) is 4.49. The molecule has 1 aromatic heterocycles. The van der Waals surface area contributed by atoms with E-state index >= 15 is 0 Å². The van der Waals surface area contributed by atoms with E-state index in [2.05, 4.69) is 4.98 Å². The van der Waals surface area contributed by atoms with Crippen LogP contribution in [0.3, 0.4) is 0 Å². The normalized spacial score (nSPS) is 10.9. The van der Waals surface area contributed by atoms with Crippen LogP contribution in [-0.2, 0) is 6.54 Å². The molecule has 6 nitrogen and oxygen atoms in total. The van der Waals surface area contributed by atoms with Gasteiger partial charge in [0.1, 0.15) is 11.6 Å². The van der Waals surface area contributed by atoms with Gasteiger partial charge < -0.3 is 9.30 Å². The highest BCUT2D eigenvalue weighted by Gasteiger charge is 2.20. The zero-order valence-corrected chi connectivity index (χ0v) is 14.7. The maximum atomic E-state index is 11.4. The van der Waals surface area contributed by atoms with Crippen molar-refractivity contribution in [3.05, 3.63) is 88.5 Å². The second kappa shape index (κ2) is 6.92. The lowest BCUT2D eigenvalue weighted by Crippen LogP contribution is -2.02. The molecule has 0 saturated heterocycles. The summed E-state index contributed by atoms with van der Waals surface area (Å²) in [5.41, 5.74) is 3.11. The van der Waals surface area contributed by atoms with Gasteiger partial charge >= 0.3 is 0 Å². The predicted molar refractivity (Wildman–Crippen MR) is 104 cm³/mol. The average molecular weight is 359 g/mol. The van der Waals surface area contributed by atoms with E-state index in [9.17, 15) is 10.1 Å². The van der Waals surface area contributed by atoms with Crippen molar-refractivity contribution in [1.82, 2.24) is 9.55 Å². The summed E-state index contributed by atoms with van der Waals surface area (Å²) in [6.45, 7) is 0.548. The Morgan fingerprint density at radius 1 is 1.00 bits per heavy atom. The number of aromatic nitrogens is 2. The van der Waals surface area contributed by atoms with Gasteiger partial charge in [0.05, 0.1) is 17.5 Å². The molecule has 0 N–H and O–H groups in total. The molecule has 0 spiro atoms. The van der Waals surface area contributed by atoms with Crippen LogP contribution in [-0.4, -0.2) is 21.6 Å².